The predicted molar refractivity (Wildman–Crippen MR) is 141 cm³/mol. The molecule has 0 radical (unpaired) electrons. The summed E-state index contributed by atoms with van der Waals surface area (Å²) in [5, 5.41) is 13.9. The standard InChI is InChI=1S/C27H37N7O5/c1-2-3-14-39-19-25(36)32-12-13-34-23(18-32)26(37)28-16-21-17-33(31-30-21)11-7-10-24(35)29-22(27(34)38)15-20-8-5-4-6-9-20/h4-6,8-9,17,22-23H,2-3,7,10-16,18-19H2,1H3,(H,28,37)(H,29,35)/t22-,23+/m0/s1. The van der Waals surface area contributed by atoms with Gasteiger partial charge < -0.3 is 25.2 Å². The van der Waals surface area contributed by atoms with Gasteiger partial charge in [-0.25, -0.2) is 0 Å². The quantitative estimate of drug-likeness (QED) is 0.482. The fraction of sp³-hybridized carbons (Fsp3) is 0.556. The normalized spacial score (nSPS) is 20.9. The summed E-state index contributed by atoms with van der Waals surface area (Å²) < 4.78 is 7.13. The SMILES string of the molecule is CCCCOCC(=O)N1CCN2C(=O)[C@H](Cc3ccccc3)NC(=O)CCCn3cc(nn3)CNC(=O)[C@H]2C1. The molecule has 2 N–H and O–H groups in total. The minimum atomic E-state index is -0.929. The minimum absolute atomic E-state index is 0.0340. The second kappa shape index (κ2) is 13.8. The van der Waals surface area contributed by atoms with E-state index in [1.807, 2.05) is 37.3 Å². The molecule has 2 aliphatic heterocycles. The first-order valence-electron chi connectivity index (χ1n) is 13.6. The van der Waals surface area contributed by atoms with Crippen LogP contribution in [0.15, 0.2) is 36.5 Å². The van der Waals surface area contributed by atoms with Crippen LogP contribution in [0.1, 0.15) is 43.9 Å². The van der Waals surface area contributed by atoms with Crippen molar-refractivity contribution in [3.05, 3.63) is 47.8 Å². The lowest BCUT2D eigenvalue weighted by atomic mass is 10.0. The number of unbranched alkanes of at least 4 members (excludes halogenated alkanes) is 1. The van der Waals surface area contributed by atoms with Gasteiger partial charge in [-0.1, -0.05) is 48.9 Å². The lowest BCUT2D eigenvalue weighted by Gasteiger charge is -2.41. The molecule has 4 rings (SSSR count). The van der Waals surface area contributed by atoms with Crippen molar-refractivity contribution in [3.63, 3.8) is 0 Å². The number of piperazine rings is 1. The third-order valence-electron chi connectivity index (χ3n) is 6.92. The van der Waals surface area contributed by atoms with Crippen LogP contribution in [-0.4, -0.2) is 93.4 Å². The number of aromatic nitrogens is 3. The van der Waals surface area contributed by atoms with Crippen molar-refractivity contribution in [2.45, 2.75) is 64.2 Å². The van der Waals surface area contributed by atoms with Crippen LogP contribution < -0.4 is 10.6 Å². The Labute approximate surface area is 228 Å². The Bertz CT molecular complexity index is 1140. The second-order valence-corrected chi connectivity index (χ2v) is 9.90. The van der Waals surface area contributed by atoms with Gasteiger partial charge >= 0.3 is 0 Å². The van der Waals surface area contributed by atoms with Crippen molar-refractivity contribution in [2.24, 2.45) is 0 Å². The van der Waals surface area contributed by atoms with E-state index in [-0.39, 0.29) is 63.3 Å². The monoisotopic (exact) mass is 539 g/mol. The molecular formula is C27H37N7O5. The Hall–Kier alpha value is -3.80. The van der Waals surface area contributed by atoms with Gasteiger partial charge in [-0.3, -0.25) is 23.9 Å². The van der Waals surface area contributed by atoms with Crippen LogP contribution in [0.2, 0.25) is 0 Å². The van der Waals surface area contributed by atoms with Gasteiger partial charge in [-0.05, 0) is 18.4 Å². The van der Waals surface area contributed by atoms with E-state index >= 15 is 0 Å². The van der Waals surface area contributed by atoms with Gasteiger partial charge in [0, 0.05) is 39.1 Å². The van der Waals surface area contributed by atoms with Crippen molar-refractivity contribution >= 4 is 23.6 Å². The Morgan fingerprint density at radius 3 is 2.74 bits per heavy atom. The number of nitrogens with zero attached hydrogens (tertiary/aromatic N) is 5. The molecule has 2 bridgehead atoms. The van der Waals surface area contributed by atoms with Gasteiger partial charge in [0.1, 0.15) is 24.4 Å². The molecule has 2 aromatic rings. The highest BCUT2D eigenvalue weighted by molar-refractivity contribution is 5.93. The van der Waals surface area contributed by atoms with Crippen LogP contribution in [0.4, 0.5) is 0 Å². The van der Waals surface area contributed by atoms with E-state index in [0.29, 0.717) is 25.3 Å². The van der Waals surface area contributed by atoms with Crippen LogP contribution in [-0.2, 0) is 43.4 Å². The molecule has 1 aromatic carbocycles. The first kappa shape index (κ1) is 28.2. The average molecular weight is 540 g/mol. The number of amides is 4. The predicted octanol–water partition coefficient (Wildman–Crippen LogP) is 0.272. The van der Waals surface area contributed by atoms with E-state index in [2.05, 4.69) is 20.9 Å². The van der Waals surface area contributed by atoms with Crippen LogP contribution in [0.3, 0.4) is 0 Å². The molecule has 12 nitrogen and oxygen atoms in total. The molecule has 2 atom stereocenters. The van der Waals surface area contributed by atoms with Gasteiger partial charge in [0.05, 0.1) is 19.3 Å². The summed E-state index contributed by atoms with van der Waals surface area (Å²) in [6.45, 7) is 3.55. The summed E-state index contributed by atoms with van der Waals surface area (Å²) in [7, 11) is 0. The summed E-state index contributed by atoms with van der Waals surface area (Å²) in [5.41, 5.74) is 1.46. The molecule has 1 aromatic heterocycles. The number of ether oxygens (including phenoxy) is 1. The molecule has 0 aliphatic carbocycles. The summed E-state index contributed by atoms with van der Waals surface area (Å²) in [6, 6.07) is 7.66. The van der Waals surface area contributed by atoms with Gasteiger partial charge in [-0.2, -0.15) is 0 Å². The molecule has 0 unspecified atom stereocenters. The number of benzene rings is 1. The van der Waals surface area contributed by atoms with Crippen molar-refractivity contribution in [1.29, 1.82) is 0 Å². The number of aryl methyl sites for hydroxylation is 1. The van der Waals surface area contributed by atoms with Crippen molar-refractivity contribution in [2.75, 3.05) is 32.8 Å². The van der Waals surface area contributed by atoms with Crippen molar-refractivity contribution in [3.8, 4) is 0 Å². The number of carbonyl (C=O) groups excluding carboxylic acids is 4. The highest BCUT2D eigenvalue weighted by atomic mass is 16.5. The number of carbonyl (C=O) groups is 4. The Kier molecular flexibility index (Phi) is 10.0. The number of hydrogen-bond donors (Lipinski definition) is 2. The lowest BCUT2D eigenvalue weighted by molar-refractivity contribution is -0.151. The zero-order valence-electron chi connectivity index (χ0n) is 22.4. The highest BCUT2D eigenvalue weighted by Gasteiger charge is 2.39. The van der Waals surface area contributed by atoms with Gasteiger partial charge in [0.2, 0.25) is 23.6 Å². The molecule has 1 saturated heterocycles. The van der Waals surface area contributed by atoms with Crippen LogP contribution in [0.5, 0.6) is 0 Å². The van der Waals surface area contributed by atoms with Gasteiger partial charge in [-0.15, -0.1) is 5.10 Å². The van der Waals surface area contributed by atoms with Gasteiger partial charge in [0.25, 0.3) is 0 Å². The largest absolute Gasteiger partial charge is 0.372 e. The Morgan fingerprint density at radius 2 is 1.95 bits per heavy atom. The molecular weight excluding hydrogens is 502 g/mol. The zero-order chi connectivity index (χ0) is 27.6. The molecule has 4 amide bonds. The molecule has 12 heteroatoms. The maximum Gasteiger partial charge on any atom is 0.248 e. The first-order chi connectivity index (χ1) is 18.9. The zero-order valence-corrected chi connectivity index (χ0v) is 22.4. The van der Waals surface area contributed by atoms with E-state index in [4.69, 9.17) is 4.74 Å². The van der Waals surface area contributed by atoms with Crippen molar-refractivity contribution in [1.82, 2.24) is 35.4 Å². The maximum atomic E-state index is 13.9. The summed E-state index contributed by atoms with van der Waals surface area (Å²) in [4.78, 5) is 56.1. The third kappa shape index (κ3) is 7.85. The Morgan fingerprint density at radius 1 is 1.13 bits per heavy atom. The number of fused-ring (bicyclic) bond motifs is 3. The fourth-order valence-corrected chi connectivity index (χ4v) is 4.74. The third-order valence-corrected chi connectivity index (χ3v) is 6.92. The molecule has 210 valence electrons. The van der Waals surface area contributed by atoms with E-state index in [1.54, 1.807) is 15.8 Å². The van der Waals surface area contributed by atoms with E-state index in [0.717, 1.165) is 18.4 Å². The molecule has 1 fully saturated rings. The van der Waals surface area contributed by atoms with E-state index in [9.17, 15) is 19.2 Å². The maximum absolute atomic E-state index is 13.9. The number of hydrogen-bond acceptors (Lipinski definition) is 7. The van der Waals surface area contributed by atoms with Crippen LogP contribution >= 0.6 is 0 Å². The van der Waals surface area contributed by atoms with Crippen LogP contribution in [0, 0.1) is 0 Å². The smallest absolute Gasteiger partial charge is 0.248 e. The minimum Gasteiger partial charge on any atom is -0.372 e. The summed E-state index contributed by atoms with van der Waals surface area (Å²) >= 11 is 0. The Balaban J connectivity index is 1.56. The van der Waals surface area contributed by atoms with E-state index in [1.165, 1.54) is 4.90 Å². The first-order valence-corrected chi connectivity index (χ1v) is 13.6. The molecule has 39 heavy (non-hydrogen) atoms. The average Bonchev–Trinajstić information content (AvgIpc) is 3.40. The lowest BCUT2D eigenvalue weighted by Crippen LogP contribution is -2.64. The molecule has 0 spiro atoms. The fourth-order valence-electron chi connectivity index (χ4n) is 4.74. The second-order valence-electron chi connectivity index (χ2n) is 9.90. The molecule has 0 saturated carbocycles. The number of nitrogens with one attached hydrogen (secondary N) is 2. The van der Waals surface area contributed by atoms with E-state index < -0.39 is 18.0 Å². The van der Waals surface area contributed by atoms with Gasteiger partial charge in [0.15, 0.2) is 0 Å². The summed E-state index contributed by atoms with van der Waals surface area (Å²) in [6.07, 6.45) is 4.58. The molecule has 3 heterocycles. The van der Waals surface area contributed by atoms with Crippen molar-refractivity contribution < 1.29 is 23.9 Å². The van der Waals surface area contributed by atoms with Crippen LogP contribution in [0.25, 0.3) is 0 Å². The number of rotatable bonds is 7. The molecule has 2 aliphatic rings. The topological polar surface area (TPSA) is 139 Å². The highest BCUT2D eigenvalue weighted by Crippen LogP contribution is 2.16. The summed E-state index contributed by atoms with van der Waals surface area (Å²) in [5.74, 6) is -1.22.